The number of benzene rings is 4. The monoisotopic (exact) mass is 807 g/mol. The number of phenolic OH excluding ortho intramolecular Hbond substituents is 1. The smallest absolute Gasteiger partial charge is 0.255 e. The van der Waals surface area contributed by atoms with Crippen molar-refractivity contribution in [3.8, 4) is 11.5 Å². The van der Waals surface area contributed by atoms with Gasteiger partial charge in [0.25, 0.3) is 5.91 Å². The minimum atomic E-state index is -0.626. The van der Waals surface area contributed by atoms with Gasteiger partial charge in [-0.1, -0.05) is 48.5 Å². The third-order valence-electron chi connectivity index (χ3n) is 14.8. The topological polar surface area (TPSA) is 115 Å². The van der Waals surface area contributed by atoms with Gasteiger partial charge in [-0.2, -0.15) is 0 Å². The van der Waals surface area contributed by atoms with Gasteiger partial charge in [0.15, 0.2) is 0 Å². The lowest BCUT2D eigenvalue weighted by Crippen LogP contribution is -2.58. The molecule has 0 saturated carbocycles. The van der Waals surface area contributed by atoms with E-state index in [2.05, 4.69) is 86.7 Å². The number of ether oxygens (including phenoxy) is 2. The molecule has 11 rings (SSSR count). The number of amides is 3. The van der Waals surface area contributed by atoms with Crippen LogP contribution in [0.25, 0.3) is 0 Å². The van der Waals surface area contributed by atoms with Gasteiger partial charge in [0.2, 0.25) is 11.8 Å². The molecule has 4 unspecified atom stereocenters. The first-order valence-corrected chi connectivity index (χ1v) is 22.1. The van der Waals surface area contributed by atoms with E-state index in [1.807, 2.05) is 18.2 Å². The van der Waals surface area contributed by atoms with Gasteiger partial charge in [0.05, 0.1) is 23.9 Å². The van der Waals surface area contributed by atoms with Crippen molar-refractivity contribution in [3.63, 3.8) is 0 Å². The fraction of sp³-hybridized carbons (Fsp3) is 0.449. The molecule has 1 aliphatic carbocycles. The second-order valence-corrected chi connectivity index (χ2v) is 18.4. The zero-order chi connectivity index (χ0) is 40.5. The highest BCUT2D eigenvalue weighted by Crippen LogP contribution is 2.48. The van der Waals surface area contributed by atoms with E-state index in [1.165, 1.54) is 27.9 Å². The average Bonchev–Trinajstić information content (AvgIpc) is 3.81. The zero-order valence-electron chi connectivity index (χ0n) is 34.1. The Morgan fingerprint density at radius 2 is 1.63 bits per heavy atom. The molecule has 2 N–H and O–H groups in total. The van der Waals surface area contributed by atoms with Crippen LogP contribution in [0, 0.1) is 5.92 Å². The number of nitrogens with one attached hydrogen (secondary N) is 1. The van der Waals surface area contributed by atoms with E-state index in [1.54, 1.807) is 4.90 Å². The molecule has 11 heteroatoms. The molecule has 0 radical (unpaired) electrons. The van der Waals surface area contributed by atoms with Gasteiger partial charge in [0, 0.05) is 69.4 Å². The maximum atomic E-state index is 13.4. The highest BCUT2D eigenvalue weighted by Gasteiger charge is 2.45. The maximum absolute atomic E-state index is 13.4. The Labute approximate surface area is 351 Å². The number of piperidine rings is 2. The van der Waals surface area contributed by atoms with Crippen molar-refractivity contribution in [1.29, 1.82) is 0 Å². The number of carbonyl (C=O) groups is 3. The van der Waals surface area contributed by atoms with E-state index in [0.717, 1.165) is 95.0 Å². The van der Waals surface area contributed by atoms with Crippen LogP contribution in [-0.2, 0) is 27.3 Å². The molecule has 4 saturated heterocycles. The second-order valence-electron chi connectivity index (χ2n) is 18.4. The number of hydrogen-bond acceptors (Lipinski definition) is 9. The van der Waals surface area contributed by atoms with Gasteiger partial charge in [0.1, 0.15) is 24.1 Å². The number of piperazine rings is 1. The first kappa shape index (κ1) is 37.6. The zero-order valence-corrected chi connectivity index (χ0v) is 34.1. The van der Waals surface area contributed by atoms with Crippen molar-refractivity contribution >= 4 is 29.1 Å². The normalized spacial score (nSPS) is 27.2. The summed E-state index contributed by atoms with van der Waals surface area (Å²) in [6, 6.07) is 29.7. The first-order chi connectivity index (χ1) is 29.3. The molecule has 4 aromatic rings. The Bertz CT molecular complexity index is 2330. The van der Waals surface area contributed by atoms with Gasteiger partial charge in [-0.3, -0.25) is 24.6 Å². The number of fused-ring (bicyclic) bond motifs is 5. The molecule has 3 amide bonds. The summed E-state index contributed by atoms with van der Waals surface area (Å²) in [5.74, 6) is 1.38. The summed E-state index contributed by atoms with van der Waals surface area (Å²) >= 11 is 0. The molecule has 6 heterocycles. The van der Waals surface area contributed by atoms with Gasteiger partial charge >= 0.3 is 0 Å². The molecule has 1 spiro atoms. The summed E-state index contributed by atoms with van der Waals surface area (Å²) in [5.41, 5.74) is 9.07. The van der Waals surface area contributed by atoms with Crippen molar-refractivity contribution in [2.75, 3.05) is 62.3 Å². The fourth-order valence-electron chi connectivity index (χ4n) is 11.8. The number of phenols is 1. The van der Waals surface area contributed by atoms with Gasteiger partial charge in [-0.15, -0.1) is 0 Å². The third kappa shape index (κ3) is 6.70. The lowest BCUT2D eigenvalue weighted by Gasteiger charge is -2.46. The molecule has 310 valence electrons. The molecule has 4 aromatic carbocycles. The Balaban J connectivity index is 0.699. The second kappa shape index (κ2) is 15.0. The lowest BCUT2D eigenvalue weighted by atomic mass is 9.69. The van der Waals surface area contributed by atoms with Crippen LogP contribution in [0.4, 0.5) is 11.4 Å². The highest BCUT2D eigenvalue weighted by atomic mass is 16.5. The van der Waals surface area contributed by atoms with Crippen LogP contribution in [0.2, 0.25) is 0 Å². The number of carbonyl (C=O) groups excluding carboxylic acids is 3. The molecular formula is C49H53N5O6. The quantitative estimate of drug-likeness (QED) is 0.228. The number of aryl methyl sites for hydroxylation is 1. The third-order valence-corrected chi connectivity index (χ3v) is 14.8. The summed E-state index contributed by atoms with van der Waals surface area (Å²) < 4.78 is 13.0. The Hall–Kier alpha value is -5.39. The minimum Gasteiger partial charge on any atom is -0.508 e. The van der Waals surface area contributed by atoms with Crippen molar-refractivity contribution < 1.29 is 29.0 Å². The number of rotatable bonds is 6. The molecule has 5 atom stereocenters. The van der Waals surface area contributed by atoms with Crippen molar-refractivity contribution in [1.82, 2.24) is 15.1 Å². The van der Waals surface area contributed by atoms with E-state index in [-0.39, 0.29) is 35.8 Å². The van der Waals surface area contributed by atoms with Crippen molar-refractivity contribution in [3.05, 3.63) is 118 Å². The Morgan fingerprint density at radius 1 is 0.800 bits per heavy atom. The summed E-state index contributed by atoms with van der Waals surface area (Å²) in [6.45, 7) is 7.52. The largest absolute Gasteiger partial charge is 0.508 e. The van der Waals surface area contributed by atoms with Crippen LogP contribution in [0.15, 0.2) is 84.9 Å². The summed E-state index contributed by atoms with van der Waals surface area (Å²) in [4.78, 5) is 46.9. The fourth-order valence-corrected chi connectivity index (χ4v) is 11.8. The van der Waals surface area contributed by atoms with Gasteiger partial charge < -0.3 is 29.3 Å². The molecule has 6 aliphatic heterocycles. The predicted molar refractivity (Wildman–Crippen MR) is 228 cm³/mol. The van der Waals surface area contributed by atoms with E-state index in [9.17, 15) is 19.5 Å². The molecule has 0 bridgehead atoms. The molecule has 60 heavy (non-hydrogen) atoms. The number of aromatic hydroxyl groups is 1. The van der Waals surface area contributed by atoms with Crippen LogP contribution in [0.1, 0.15) is 88.5 Å². The summed E-state index contributed by atoms with van der Waals surface area (Å²) in [5, 5.41) is 12.7. The summed E-state index contributed by atoms with van der Waals surface area (Å²) in [7, 11) is 0. The van der Waals surface area contributed by atoms with Crippen molar-refractivity contribution in [2.45, 2.75) is 81.0 Å². The van der Waals surface area contributed by atoms with Gasteiger partial charge in [-0.25, -0.2) is 0 Å². The maximum Gasteiger partial charge on any atom is 0.255 e. The van der Waals surface area contributed by atoms with Crippen molar-refractivity contribution in [2.24, 2.45) is 5.92 Å². The van der Waals surface area contributed by atoms with E-state index >= 15 is 0 Å². The number of imide groups is 1. The predicted octanol–water partition coefficient (Wildman–Crippen LogP) is 5.97. The van der Waals surface area contributed by atoms with E-state index in [0.29, 0.717) is 42.7 Å². The number of hydrogen-bond donors (Lipinski definition) is 2. The Morgan fingerprint density at radius 3 is 2.45 bits per heavy atom. The first-order valence-electron chi connectivity index (χ1n) is 22.1. The number of anilines is 2. The molecular weight excluding hydrogens is 755 g/mol. The lowest BCUT2D eigenvalue weighted by molar-refractivity contribution is -0.136. The Kier molecular flexibility index (Phi) is 9.37. The number of nitrogens with zero attached hydrogens (tertiary/aromatic N) is 4. The van der Waals surface area contributed by atoms with Crippen LogP contribution >= 0.6 is 0 Å². The minimum absolute atomic E-state index is 0.0460. The molecule has 0 aromatic heterocycles. The van der Waals surface area contributed by atoms with Gasteiger partial charge in [-0.05, 0) is 115 Å². The van der Waals surface area contributed by atoms with Crippen LogP contribution < -0.4 is 19.9 Å². The van der Waals surface area contributed by atoms with Crippen LogP contribution in [0.3, 0.4) is 0 Å². The average molecular weight is 808 g/mol. The molecule has 4 fully saturated rings. The molecule has 7 aliphatic rings. The highest BCUT2D eigenvalue weighted by molar-refractivity contribution is 6.06. The van der Waals surface area contributed by atoms with E-state index < -0.39 is 11.9 Å². The molecule has 11 nitrogen and oxygen atoms in total. The summed E-state index contributed by atoms with van der Waals surface area (Å²) in [6.07, 6.45) is 5.81. The standard InChI is InChI=1S/C49H53N5O6/c55-38-11-13-40-34(22-38)8-12-39(32-4-2-1-3-5-32)46(40)33-6-9-36(10-7-33)52-18-16-49(17-19-52)25-31(29-60-49)26-51-20-21-53-37(28-51)30-59-44-24-41-35(23-43(44)53)27-54(48(41)58)42-14-15-45(56)50-47(42)57/h1-7,9-11,13,22-24,31,37,39,42,46,55H,8,12,14-21,25-30H2,(H,50,56,57)/t31?,37-,39?,42?,46?/m0/s1. The van der Waals surface area contributed by atoms with Crippen LogP contribution in [0.5, 0.6) is 11.5 Å². The van der Waals surface area contributed by atoms with Crippen LogP contribution in [-0.4, -0.2) is 103 Å². The van der Waals surface area contributed by atoms with E-state index in [4.69, 9.17) is 9.47 Å². The SMILES string of the molecule is O=C1CCC(N2Cc3cc4c(cc3C2=O)OC[C@@H]2CN(CC3COC5(CCN(c6ccc(C7c8ccc(O)cc8CCC7c7ccccc7)cc6)CC5)C3)CCN42)C(=O)N1.